The van der Waals surface area contributed by atoms with Crippen LogP contribution in [-0.2, 0) is 0 Å². The first-order valence-corrected chi connectivity index (χ1v) is 9.17. The van der Waals surface area contributed by atoms with Crippen molar-refractivity contribution in [3.8, 4) is 11.1 Å². The lowest BCUT2D eigenvalue weighted by Crippen LogP contribution is -2.02. The van der Waals surface area contributed by atoms with Crippen molar-refractivity contribution in [1.29, 1.82) is 0 Å². The number of fused-ring (bicyclic) bond motifs is 6. The van der Waals surface area contributed by atoms with Gasteiger partial charge < -0.3 is 0 Å². The molecular weight excluding hydrogens is 346 g/mol. The summed E-state index contributed by atoms with van der Waals surface area (Å²) in [6, 6.07) is 24.7. The molecule has 0 radical (unpaired) electrons. The Morgan fingerprint density at radius 1 is 0.500 bits per heavy atom. The predicted molar refractivity (Wildman–Crippen MR) is 115 cm³/mol. The van der Waals surface area contributed by atoms with E-state index in [1.807, 2.05) is 78.9 Å². The van der Waals surface area contributed by atoms with Crippen LogP contribution in [0.5, 0.6) is 0 Å². The standard InChI is InChI=1S/C25H13NO2/c27-24-17-12-6-4-10-15(17)22-20(24)19(14-8-2-1-3-9-14)21-23(26-22)16-11-5-7-13-18(16)25(21)28/h1-13H. The lowest BCUT2D eigenvalue weighted by molar-refractivity contribution is 1.55. The Hall–Kier alpha value is -3.85. The lowest BCUT2D eigenvalue weighted by atomic mass is 9.99. The molecule has 0 aliphatic heterocycles. The van der Waals surface area contributed by atoms with E-state index in [-0.39, 0.29) is 10.9 Å². The normalized spacial score (nSPS) is 11.9. The van der Waals surface area contributed by atoms with Crippen LogP contribution in [0.2, 0.25) is 0 Å². The van der Waals surface area contributed by atoms with E-state index in [0.29, 0.717) is 38.1 Å². The number of nitrogens with zero attached hydrogens (tertiary/aromatic N) is 1. The maximum Gasteiger partial charge on any atom is 0.196 e. The van der Waals surface area contributed by atoms with Crippen LogP contribution in [0.1, 0.15) is 0 Å². The highest BCUT2D eigenvalue weighted by atomic mass is 16.1. The van der Waals surface area contributed by atoms with Crippen LogP contribution >= 0.6 is 0 Å². The summed E-state index contributed by atoms with van der Waals surface area (Å²) in [5.74, 6) is 0. The first kappa shape index (κ1) is 15.2. The predicted octanol–water partition coefficient (Wildman–Crippen LogP) is 4.96. The zero-order valence-corrected chi connectivity index (χ0v) is 14.8. The number of hydrogen-bond acceptors (Lipinski definition) is 3. The fourth-order valence-electron chi connectivity index (χ4n) is 4.36. The molecule has 0 fully saturated rings. The minimum Gasteiger partial charge on any atom is -0.288 e. The first-order valence-electron chi connectivity index (χ1n) is 9.17. The summed E-state index contributed by atoms with van der Waals surface area (Å²) in [4.78, 5) is 31.5. The van der Waals surface area contributed by atoms with Crippen molar-refractivity contribution >= 4 is 43.4 Å². The van der Waals surface area contributed by atoms with Crippen molar-refractivity contribution in [2.45, 2.75) is 0 Å². The Labute approximate surface area is 159 Å². The van der Waals surface area contributed by atoms with E-state index in [2.05, 4.69) is 0 Å². The largest absolute Gasteiger partial charge is 0.288 e. The Morgan fingerprint density at radius 2 is 0.929 bits per heavy atom. The highest BCUT2D eigenvalue weighted by Gasteiger charge is 2.23. The molecule has 0 saturated heterocycles. The summed E-state index contributed by atoms with van der Waals surface area (Å²) in [5.41, 5.74) is 2.76. The van der Waals surface area contributed by atoms with Gasteiger partial charge in [0.2, 0.25) is 0 Å². The highest BCUT2D eigenvalue weighted by Crippen LogP contribution is 2.38. The Bertz CT molecular complexity index is 1540. The maximum absolute atomic E-state index is 13.3. The minimum absolute atomic E-state index is 0.0662. The third-order valence-corrected chi connectivity index (χ3v) is 5.57. The molecule has 0 amide bonds. The van der Waals surface area contributed by atoms with Crippen LogP contribution in [0.25, 0.3) is 54.5 Å². The van der Waals surface area contributed by atoms with E-state index in [0.717, 1.165) is 16.3 Å². The maximum atomic E-state index is 13.3. The number of hydrogen-bond donors (Lipinski definition) is 0. The topological polar surface area (TPSA) is 47.0 Å². The molecule has 1 heterocycles. The molecule has 0 spiro atoms. The molecule has 0 N–H and O–H groups in total. The molecule has 3 heteroatoms. The van der Waals surface area contributed by atoms with Crippen molar-refractivity contribution in [2.24, 2.45) is 0 Å². The van der Waals surface area contributed by atoms with Gasteiger partial charge in [-0.1, -0.05) is 78.9 Å². The van der Waals surface area contributed by atoms with Gasteiger partial charge in [0.25, 0.3) is 0 Å². The van der Waals surface area contributed by atoms with Gasteiger partial charge in [-0.15, -0.1) is 0 Å². The monoisotopic (exact) mass is 359 g/mol. The fourth-order valence-corrected chi connectivity index (χ4v) is 4.36. The molecule has 5 aromatic carbocycles. The fraction of sp³-hybridized carbons (Fsp3) is 0. The molecule has 130 valence electrons. The molecule has 6 rings (SSSR count). The third kappa shape index (κ3) is 1.80. The average molecular weight is 359 g/mol. The third-order valence-electron chi connectivity index (χ3n) is 5.57. The SMILES string of the molecule is O=c1c2ccccc2c2nc3c(c(-c4ccccc4)c12)c(=O)c1ccccc13. The first-order chi connectivity index (χ1) is 13.8. The van der Waals surface area contributed by atoms with Gasteiger partial charge in [0, 0.05) is 27.1 Å². The Morgan fingerprint density at radius 3 is 1.43 bits per heavy atom. The second kappa shape index (κ2) is 5.33. The van der Waals surface area contributed by atoms with Crippen LogP contribution in [0, 0.1) is 0 Å². The molecular formula is C25H13NO2. The van der Waals surface area contributed by atoms with Gasteiger partial charge in [0.05, 0.1) is 21.8 Å². The molecule has 28 heavy (non-hydrogen) atoms. The zero-order valence-electron chi connectivity index (χ0n) is 14.8. The second-order valence-electron chi connectivity index (χ2n) is 7.05. The smallest absolute Gasteiger partial charge is 0.196 e. The Balaban J connectivity index is 2.02. The number of rotatable bonds is 1. The van der Waals surface area contributed by atoms with Gasteiger partial charge in [-0.05, 0) is 5.56 Å². The lowest BCUT2D eigenvalue weighted by Gasteiger charge is -2.06. The van der Waals surface area contributed by atoms with Crippen molar-refractivity contribution < 1.29 is 0 Å². The second-order valence-corrected chi connectivity index (χ2v) is 7.05. The molecule has 0 bridgehead atoms. The summed E-state index contributed by atoms with van der Waals surface area (Å²) in [5, 5.41) is 4.02. The highest BCUT2D eigenvalue weighted by molar-refractivity contribution is 6.24. The van der Waals surface area contributed by atoms with Gasteiger partial charge in [0.1, 0.15) is 0 Å². The van der Waals surface area contributed by atoms with Gasteiger partial charge in [-0.25, -0.2) is 4.98 Å². The average Bonchev–Trinajstić information content (AvgIpc) is 3.20. The van der Waals surface area contributed by atoms with Crippen LogP contribution in [-0.4, -0.2) is 4.98 Å². The molecule has 6 aromatic rings. The number of benzene rings is 3. The van der Waals surface area contributed by atoms with Crippen molar-refractivity contribution in [2.75, 3.05) is 0 Å². The summed E-state index contributed by atoms with van der Waals surface area (Å²) >= 11 is 0. The summed E-state index contributed by atoms with van der Waals surface area (Å²) < 4.78 is 0. The van der Waals surface area contributed by atoms with Gasteiger partial charge in [0.15, 0.2) is 10.9 Å². The van der Waals surface area contributed by atoms with Crippen LogP contribution in [0.15, 0.2) is 88.5 Å². The van der Waals surface area contributed by atoms with Crippen LogP contribution < -0.4 is 10.9 Å². The van der Waals surface area contributed by atoms with E-state index in [1.54, 1.807) is 0 Å². The van der Waals surface area contributed by atoms with Crippen LogP contribution in [0.3, 0.4) is 0 Å². The van der Waals surface area contributed by atoms with Crippen LogP contribution in [0.4, 0.5) is 0 Å². The summed E-state index contributed by atoms with van der Waals surface area (Å²) in [6.07, 6.45) is 0. The molecule has 0 saturated carbocycles. The van der Waals surface area contributed by atoms with E-state index >= 15 is 0 Å². The van der Waals surface area contributed by atoms with E-state index < -0.39 is 0 Å². The quantitative estimate of drug-likeness (QED) is 0.417. The van der Waals surface area contributed by atoms with Crippen molar-refractivity contribution in [3.05, 3.63) is 99.3 Å². The Kier molecular flexibility index (Phi) is 2.90. The molecule has 0 aliphatic rings. The molecule has 0 atom stereocenters. The van der Waals surface area contributed by atoms with Gasteiger partial charge >= 0.3 is 0 Å². The van der Waals surface area contributed by atoms with E-state index in [1.165, 1.54) is 0 Å². The number of aromatic nitrogens is 1. The number of pyridine rings is 1. The minimum atomic E-state index is -0.0662. The molecule has 0 unspecified atom stereocenters. The zero-order chi connectivity index (χ0) is 18.8. The van der Waals surface area contributed by atoms with E-state index in [9.17, 15) is 9.59 Å². The summed E-state index contributed by atoms with van der Waals surface area (Å²) in [6.45, 7) is 0. The van der Waals surface area contributed by atoms with Crippen molar-refractivity contribution in [3.63, 3.8) is 0 Å². The molecule has 3 nitrogen and oxygen atoms in total. The summed E-state index contributed by atoms with van der Waals surface area (Å²) in [7, 11) is 0. The molecule has 0 aliphatic carbocycles. The van der Waals surface area contributed by atoms with Crippen molar-refractivity contribution in [1.82, 2.24) is 4.98 Å². The van der Waals surface area contributed by atoms with Gasteiger partial charge in [-0.3, -0.25) is 9.59 Å². The van der Waals surface area contributed by atoms with Gasteiger partial charge in [-0.2, -0.15) is 0 Å². The van der Waals surface area contributed by atoms with E-state index in [4.69, 9.17) is 4.98 Å². The molecule has 1 aromatic heterocycles.